The second-order valence-corrected chi connectivity index (χ2v) is 5.80. The smallest absolute Gasteiger partial charge is 0.226 e. The monoisotopic (exact) mass is 283 g/mol. The summed E-state index contributed by atoms with van der Waals surface area (Å²) in [6, 6.07) is 1.86. The van der Waals surface area contributed by atoms with Crippen LogP contribution in [0.1, 0.15) is 38.8 Å². The average Bonchev–Trinajstić information content (AvgIpc) is 2.32. The van der Waals surface area contributed by atoms with Gasteiger partial charge in [0.15, 0.2) is 0 Å². The van der Waals surface area contributed by atoms with Crippen LogP contribution in [0.3, 0.4) is 0 Å². The standard InChI is InChI=1S/C14H25N3OS/c1-11(2)18-13-10-12(3)16-14(17-13)15-8-6-5-7-9-19-4/h10-11H,5-9H2,1-4H3,(H,15,16,17). The molecule has 1 rings (SSSR count). The first kappa shape index (κ1) is 16.1. The largest absolute Gasteiger partial charge is 0.475 e. The van der Waals surface area contributed by atoms with E-state index in [0.717, 1.165) is 18.7 Å². The van der Waals surface area contributed by atoms with Crippen molar-refractivity contribution in [1.82, 2.24) is 9.97 Å². The lowest BCUT2D eigenvalue weighted by Gasteiger charge is -2.11. The number of unbranched alkanes of at least 4 members (excludes halogenated alkanes) is 2. The lowest BCUT2D eigenvalue weighted by atomic mass is 10.2. The number of ether oxygens (including phenoxy) is 1. The minimum atomic E-state index is 0.133. The van der Waals surface area contributed by atoms with Gasteiger partial charge in [0, 0.05) is 18.3 Å². The van der Waals surface area contributed by atoms with Crippen LogP contribution in [0.2, 0.25) is 0 Å². The van der Waals surface area contributed by atoms with Crippen molar-refractivity contribution in [2.45, 2.75) is 46.1 Å². The molecular formula is C14H25N3OS. The Kier molecular flexibility index (Phi) is 7.63. The van der Waals surface area contributed by atoms with Crippen LogP contribution in [0, 0.1) is 6.92 Å². The van der Waals surface area contributed by atoms with Crippen molar-refractivity contribution < 1.29 is 4.74 Å². The fourth-order valence-electron chi connectivity index (χ4n) is 1.67. The molecule has 0 spiro atoms. The van der Waals surface area contributed by atoms with Gasteiger partial charge < -0.3 is 10.1 Å². The summed E-state index contributed by atoms with van der Waals surface area (Å²) in [4.78, 5) is 8.73. The van der Waals surface area contributed by atoms with Crippen LogP contribution in [0.15, 0.2) is 6.07 Å². The topological polar surface area (TPSA) is 47.0 Å². The van der Waals surface area contributed by atoms with Crippen molar-refractivity contribution in [3.8, 4) is 5.88 Å². The number of hydrogen-bond donors (Lipinski definition) is 1. The first-order valence-corrected chi connectivity index (χ1v) is 8.26. The van der Waals surface area contributed by atoms with Crippen molar-refractivity contribution >= 4 is 17.7 Å². The van der Waals surface area contributed by atoms with E-state index < -0.39 is 0 Å². The zero-order chi connectivity index (χ0) is 14.1. The normalized spacial score (nSPS) is 10.8. The highest BCUT2D eigenvalue weighted by molar-refractivity contribution is 7.98. The van der Waals surface area contributed by atoms with Crippen LogP contribution < -0.4 is 10.1 Å². The summed E-state index contributed by atoms with van der Waals surface area (Å²) in [5, 5.41) is 3.27. The molecule has 1 aromatic heterocycles. The predicted octanol–water partition coefficient (Wildman–Crippen LogP) is 3.52. The van der Waals surface area contributed by atoms with E-state index >= 15 is 0 Å². The Labute approximate surface area is 120 Å². The maximum Gasteiger partial charge on any atom is 0.226 e. The Morgan fingerprint density at radius 2 is 2.05 bits per heavy atom. The number of hydrogen-bond acceptors (Lipinski definition) is 5. The van der Waals surface area contributed by atoms with Gasteiger partial charge in [0.1, 0.15) is 0 Å². The molecule has 0 aliphatic rings. The first-order chi connectivity index (χ1) is 9.11. The summed E-state index contributed by atoms with van der Waals surface area (Å²) in [6.07, 6.45) is 5.95. The number of aryl methyl sites for hydroxylation is 1. The van der Waals surface area contributed by atoms with Crippen molar-refractivity contribution in [3.05, 3.63) is 11.8 Å². The minimum absolute atomic E-state index is 0.133. The van der Waals surface area contributed by atoms with Gasteiger partial charge in [0.05, 0.1) is 6.10 Å². The van der Waals surface area contributed by atoms with E-state index in [0.29, 0.717) is 11.8 Å². The molecule has 0 fully saturated rings. The van der Waals surface area contributed by atoms with Crippen LogP contribution >= 0.6 is 11.8 Å². The van der Waals surface area contributed by atoms with Gasteiger partial charge in [0.2, 0.25) is 11.8 Å². The highest BCUT2D eigenvalue weighted by Gasteiger charge is 2.04. The summed E-state index contributed by atoms with van der Waals surface area (Å²) in [5.41, 5.74) is 0.926. The number of thioether (sulfide) groups is 1. The lowest BCUT2D eigenvalue weighted by Crippen LogP contribution is -2.11. The number of nitrogens with one attached hydrogen (secondary N) is 1. The fraction of sp³-hybridized carbons (Fsp3) is 0.714. The summed E-state index contributed by atoms with van der Waals surface area (Å²) < 4.78 is 5.60. The zero-order valence-corrected chi connectivity index (χ0v) is 13.2. The molecular weight excluding hydrogens is 258 g/mol. The van der Waals surface area contributed by atoms with Crippen LogP contribution in [0.4, 0.5) is 5.95 Å². The second kappa shape index (κ2) is 9.02. The van der Waals surface area contributed by atoms with E-state index in [9.17, 15) is 0 Å². The van der Waals surface area contributed by atoms with Crippen molar-refractivity contribution in [1.29, 1.82) is 0 Å². The molecule has 0 saturated carbocycles. The summed E-state index contributed by atoms with van der Waals surface area (Å²) in [7, 11) is 0. The third kappa shape index (κ3) is 7.25. The Bertz CT molecular complexity index is 372. The van der Waals surface area contributed by atoms with Gasteiger partial charge in [0.25, 0.3) is 0 Å². The molecule has 5 heteroatoms. The minimum Gasteiger partial charge on any atom is -0.475 e. The van der Waals surface area contributed by atoms with Crippen LogP contribution in [-0.2, 0) is 0 Å². The third-order valence-corrected chi connectivity index (χ3v) is 3.19. The molecule has 0 unspecified atom stereocenters. The Balaban J connectivity index is 2.38. The SMILES string of the molecule is CSCCCCCNc1nc(C)cc(OC(C)C)n1. The summed E-state index contributed by atoms with van der Waals surface area (Å²) in [5.74, 6) is 2.56. The molecule has 4 nitrogen and oxygen atoms in total. The Morgan fingerprint density at radius 1 is 1.26 bits per heavy atom. The van der Waals surface area contributed by atoms with E-state index in [1.54, 1.807) is 0 Å². The van der Waals surface area contributed by atoms with Crippen molar-refractivity contribution in [2.24, 2.45) is 0 Å². The molecule has 1 aromatic rings. The van der Waals surface area contributed by atoms with Gasteiger partial charge in [-0.3, -0.25) is 0 Å². The van der Waals surface area contributed by atoms with E-state index in [1.807, 2.05) is 38.6 Å². The molecule has 0 saturated heterocycles. The van der Waals surface area contributed by atoms with Crippen molar-refractivity contribution in [3.63, 3.8) is 0 Å². The molecule has 0 radical (unpaired) electrons. The molecule has 19 heavy (non-hydrogen) atoms. The maximum absolute atomic E-state index is 5.60. The van der Waals surface area contributed by atoms with Gasteiger partial charge in [-0.05, 0) is 45.6 Å². The molecule has 0 aliphatic heterocycles. The number of anilines is 1. The van der Waals surface area contributed by atoms with E-state index in [1.165, 1.54) is 18.6 Å². The van der Waals surface area contributed by atoms with Gasteiger partial charge >= 0.3 is 0 Å². The van der Waals surface area contributed by atoms with E-state index in [2.05, 4.69) is 21.5 Å². The second-order valence-electron chi connectivity index (χ2n) is 4.82. The average molecular weight is 283 g/mol. The molecule has 0 bridgehead atoms. The number of rotatable bonds is 9. The molecule has 1 heterocycles. The molecule has 0 atom stereocenters. The van der Waals surface area contributed by atoms with Crippen LogP contribution in [0.5, 0.6) is 5.88 Å². The molecule has 0 aliphatic carbocycles. The summed E-state index contributed by atoms with van der Waals surface area (Å²) >= 11 is 1.90. The van der Waals surface area contributed by atoms with Crippen LogP contribution in [-0.4, -0.2) is 34.6 Å². The summed E-state index contributed by atoms with van der Waals surface area (Å²) in [6.45, 7) is 6.87. The molecule has 1 N–H and O–H groups in total. The first-order valence-electron chi connectivity index (χ1n) is 6.87. The van der Waals surface area contributed by atoms with E-state index in [-0.39, 0.29) is 6.10 Å². The quantitative estimate of drug-likeness (QED) is 0.703. The zero-order valence-electron chi connectivity index (χ0n) is 12.4. The Hall–Kier alpha value is -0.970. The highest BCUT2D eigenvalue weighted by atomic mass is 32.2. The van der Waals surface area contributed by atoms with Crippen LogP contribution in [0.25, 0.3) is 0 Å². The third-order valence-electron chi connectivity index (χ3n) is 2.50. The van der Waals surface area contributed by atoms with Gasteiger partial charge in [-0.15, -0.1) is 0 Å². The Morgan fingerprint density at radius 3 is 2.74 bits per heavy atom. The van der Waals surface area contributed by atoms with Crippen molar-refractivity contribution in [2.75, 3.05) is 23.9 Å². The lowest BCUT2D eigenvalue weighted by molar-refractivity contribution is 0.232. The van der Waals surface area contributed by atoms with Gasteiger partial charge in [-0.2, -0.15) is 16.7 Å². The number of nitrogens with zero attached hydrogens (tertiary/aromatic N) is 2. The molecule has 0 amide bonds. The molecule has 0 aromatic carbocycles. The van der Waals surface area contributed by atoms with E-state index in [4.69, 9.17) is 4.74 Å². The van der Waals surface area contributed by atoms with Gasteiger partial charge in [-0.25, -0.2) is 4.98 Å². The van der Waals surface area contributed by atoms with Gasteiger partial charge in [-0.1, -0.05) is 6.42 Å². The molecule has 108 valence electrons. The highest BCUT2D eigenvalue weighted by Crippen LogP contribution is 2.13. The fourth-order valence-corrected chi connectivity index (χ4v) is 2.16. The maximum atomic E-state index is 5.60. The predicted molar refractivity (Wildman–Crippen MR) is 83.3 cm³/mol. The number of aromatic nitrogens is 2.